The summed E-state index contributed by atoms with van der Waals surface area (Å²) in [7, 11) is 0. The SMILES string of the molecule is [O-][N+]([O-])=C1C=CC(=C2NN=C3SC(c4ccccc4O)NN32)C=C1. The molecule has 1 saturated heterocycles. The number of para-hydroxylation sites is 1. The van der Waals surface area contributed by atoms with Gasteiger partial charge in [0, 0.05) is 23.3 Å². The summed E-state index contributed by atoms with van der Waals surface area (Å²) in [6.07, 6.45) is 6.23. The van der Waals surface area contributed by atoms with Gasteiger partial charge in [-0.15, -0.1) is 5.10 Å². The number of aromatic hydroxyl groups is 1. The molecule has 2 aliphatic heterocycles. The van der Waals surface area contributed by atoms with Crippen molar-refractivity contribution in [2.24, 2.45) is 5.10 Å². The number of hydrazone groups is 1. The number of nitrogens with one attached hydrogen (secondary N) is 2. The molecule has 1 aromatic carbocycles. The van der Waals surface area contributed by atoms with Gasteiger partial charge in [-0.05, 0) is 18.2 Å². The highest BCUT2D eigenvalue weighted by molar-refractivity contribution is 8.14. The number of fused-ring (bicyclic) bond motifs is 1. The average Bonchev–Trinajstić information content (AvgIpc) is 3.16. The van der Waals surface area contributed by atoms with E-state index in [1.165, 1.54) is 23.9 Å². The Morgan fingerprint density at radius 2 is 1.92 bits per heavy atom. The highest BCUT2D eigenvalue weighted by atomic mass is 32.2. The summed E-state index contributed by atoms with van der Waals surface area (Å²) >= 11 is 1.47. The van der Waals surface area contributed by atoms with Crippen molar-refractivity contribution in [3.8, 4) is 5.75 Å². The first-order chi connectivity index (χ1) is 11.6. The summed E-state index contributed by atoms with van der Waals surface area (Å²) in [6.45, 7) is 0. The fourth-order valence-electron chi connectivity index (χ4n) is 2.52. The van der Waals surface area contributed by atoms with E-state index in [-0.39, 0.29) is 16.8 Å². The number of hydrogen-bond donors (Lipinski definition) is 3. The van der Waals surface area contributed by atoms with Gasteiger partial charge in [0.15, 0.2) is 5.82 Å². The summed E-state index contributed by atoms with van der Waals surface area (Å²) in [5.41, 5.74) is 7.76. The zero-order valence-electron chi connectivity index (χ0n) is 12.2. The molecule has 1 atom stereocenters. The molecular weight excluding hydrogens is 330 g/mol. The number of rotatable bonds is 1. The van der Waals surface area contributed by atoms with E-state index in [9.17, 15) is 15.5 Å². The average molecular weight is 342 g/mol. The van der Waals surface area contributed by atoms with Crippen LogP contribution < -0.4 is 10.9 Å². The van der Waals surface area contributed by atoms with Crippen LogP contribution in [0.1, 0.15) is 10.9 Å². The number of hydrazine groups is 1. The Labute approximate surface area is 141 Å². The van der Waals surface area contributed by atoms with Gasteiger partial charge < -0.3 is 15.5 Å². The minimum atomic E-state index is -0.434. The Kier molecular flexibility index (Phi) is 3.44. The molecule has 0 radical (unpaired) electrons. The van der Waals surface area contributed by atoms with E-state index in [1.54, 1.807) is 29.3 Å². The molecule has 1 fully saturated rings. The Morgan fingerprint density at radius 1 is 1.17 bits per heavy atom. The molecule has 0 bridgehead atoms. The highest BCUT2D eigenvalue weighted by Gasteiger charge is 2.37. The summed E-state index contributed by atoms with van der Waals surface area (Å²) in [4.78, 5) is -0.434. The van der Waals surface area contributed by atoms with Crippen molar-refractivity contribution >= 4 is 22.6 Å². The van der Waals surface area contributed by atoms with Crippen LogP contribution in [0.5, 0.6) is 5.75 Å². The van der Waals surface area contributed by atoms with Gasteiger partial charge in [-0.3, -0.25) is 5.43 Å². The van der Waals surface area contributed by atoms with Gasteiger partial charge in [-0.1, -0.05) is 30.0 Å². The molecule has 2 heterocycles. The molecule has 4 rings (SSSR count). The zero-order valence-corrected chi connectivity index (χ0v) is 13.0. The van der Waals surface area contributed by atoms with Crippen molar-refractivity contribution < 1.29 is 10.0 Å². The standard InChI is InChI=1S/C15H12N5O3S/c21-12-4-2-1-3-11(12)14-18-19-13(16-17-15(19)24-14)9-5-7-10(8-6-9)20(22)23/h1-8,14,16,18H,(H-,21,22,23)/q-1. The molecule has 3 N–H and O–H groups in total. The van der Waals surface area contributed by atoms with Crippen LogP contribution in [0.4, 0.5) is 0 Å². The molecule has 0 spiro atoms. The van der Waals surface area contributed by atoms with Gasteiger partial charge in [0.1, 0.15) is 11.1 Å². The Hall–Kier alpha value is -2.91. The lowest BCUT2D eigenvalue weighted by Crippen LogP contribution is -2.34. The van der Waals surface area contributed by atoms with E-state index in [0.717, 1.165) is 16.3 Å². The summed E-state index contributed by atoms with van der Waals surface area (Å²) < 4.78 is 0. The lowest BCUT2D eigenvalue weighted by atomic mass is 10.1. The predicted molar refractivity (Wildman–Crippen MR) is 91.3 cm³/mol. The van der Waals surface area contributed by atoms with Crippen LogP contribution in [0, 0.1) is 10.4 Å². The summed E-state index contributed by atoms with van der Waals surface area (Å²) in [5.74, 6) is 0.902. The molecule has 122 valence electrons. The maximum Gasteiger partial charge on any atom is 0.222 e. The fourth-order valence-corrected chi connectivity index (χ4v) is 3.56. The lowest BCUT2D eigenvalue weighted by Gasteiger charge is -2.19. The predicted octanol–water partition coefficient (Wildman–Crippen LogP) is 1.61. The van der Waals surface area contributed by atoms with Crippen molar-refractivity contribution in [3.63, 3.8) is 0 Å². The van der Waals surface area contributed by atoms with Gasteiger partial charge in [0.25, 0.3) is 0 Å². The number of thioether (sulfide) groups is 1. The number of phenolic OH excluding ortho intramolecular Hbond substituents is 1. The fraction of sp³-hybridized carbons (Fsp3) is 0.0667. The number of benzene rings is 1. The molecule has 1 aliphatic carbocycles. The first kappa shape index (κ1) is 14.7. The van der Waals surface area contributed by atoms with Crippen molar-refractivity contribution in [3.05, 3.63) is 75.9 Å². The third kappa shape index (κ3) is 2.39. The van der Waals surface area contributed by atoms with E-state index < -0.39 is 4.90 Å². The number of amidine groups is 1. The minimum absolute atomic E-state index is 0.0364. The molecule has 3 aliphatic rings. The number of hydrogen-bond acceptors (Lipinski definition) is 8. The first-order valence-corrected chi connectivity index (χ1v) is 7.98. The van der Waals surface area contributed by atoms with E-state index in [0.29, 0.717) is 5.82 Å². The molecular formula is C15H12N5O3S-. The van der Waals surface area contributed by atoms with Gasteiger partial charge in [-0.2, -0.15) is 4.90 Å². The molecule has 0 aromatic heterocycles. The second kappa shape index (κ2) is 5.62. The van der Waals surface area contributed by atoms with Gasteiger partial charge in [0.2, 0.25) is 10.9 Å². The lowest BCUT2D eigenvalue weighted by molar-refractivity contribution is -0.377. The van der Waals surface area contributed by atoms with Crippen molar-refractivity contribution in [1.29, 1.82) is 0 Å². The van der Waals surface area contributed by atoms with Crippen LogP contribution in [-0.4, -0.2) is 25.9 Å². The van der Waals surface area contributed by atoms with Gasteiger partial charge in [0.05, 0.1) is 0 Å². The number of allylic oxidation sites excluding steroid dienone is 5. The van der Waals surface area contributed by atoms with Crippen LogP contribution in [0.25, 0.3) is 0 Å². The molecule has 8 nitrogen and oxygen atoms in total. The van der Waals surface area contributed by atoms with Gasteiger partial charge >= 0.3 is 0 Å². The largest absolute Gasteiger partial charge is 0.612 e. The first-order valence-electron chi connectivity index (χ1n) is 7.10. The molecule has 1 unspecified atom stereocenters. The second-order valence-electron chi connectivity index (χ2n) is 5.18. The van der Waals surface area contributed by atoms with Crippen molar-refractivity contribution in [2.45, 2.75) is 5.37 Å². The minimum Gasteiger partial charge on any atom is -0.612 e. The van der Waals surface area contributed by atoms with Crippen LogP contribution in [0.3, 0.4) is 0 Å². The third-order valence-corrected chi connectivity index (χ3v) is 4.79. The molecule has 0 saturated carbocycles. The Morgan fingerprint density at radius 3 is 2.62 bits per heavy atom. The molecule has 0 amide bonds. The quantitative estimate of drug-likeness (QED) is 0.525. The normalized spacial score (nSPS) is 21.8. The Bertz CT molecular complexity index is 836. The van der Waals surface area contributed by atoms with E-state index in [2.05, 4.69) is 16.0 Å². The topological polar surface area (TPSA) is 109 Å². The monoisotopic (exact) mass is 342 g/mol. The molecule has 24 heavy (non-hydrogen) atoms. The third-order valence-electron chi connectivity index (χ3n) is 3.71. The second-order valence-corrected chi connectivity index (χ2v) is 6.25. The smallest absolute Gasteiger partial charge is 0.222 e. The van der Waals surface area contributed by atoms with Crippen molar-refractivity contribution in [1.82, 2.24) is 15.9 Å². The summed E-state index contributed by atoms with van der Waals surface area (Å²) in [6, 6.07) is 7.12. The number of phenols is 1. The Balaban J connectivity index is 1.61. The maximum absolute atomic E-state index is 10.8. The van der Waals surface area contributed by atoms with E-state index in [4.69, 9.17) is 0 Å². The highest BCUT2D eigenvalue weighted by Crippen LogP contribution is 2.41. The van der Waals surface area contributed by atoms with Crippen LogP contribution >= 0.6 is 11.8 Å². The van der Waals surface area contributed by atoms with Crippen LogP contribution in [-0.2, 0) is 0 Å². The van der Waals surface area contributed by atoms with E-state index >= 15 is 0 Å². The van der Waals surface area contributed by atoms with Crippen LogP contribution in [0.2, 0.25) is 0 Å². The molecule has 9 heteroatoms. The maximum atomic E-state index is 10.8. The summed E-state index contributed by atoms with van der Waals surface area (Å²) in [5, 5.41) is 38.1. The van der Waals surface area contributed by atoms with Gasteiger partial charge in [-0.25, -0.2) is 10.4 Å². The van der Waals surface area contributed by atoms with Crippen molar-refractivity contribution in [2.75, 3.05) is 0 Å². The zero-order chi connectivity index (χ0) is 16.7. The number of nitrogens with zero attached hydrogens (tertiary/aromatic N) is 3. The van der Waals surface area contributed by atoms with Crippen LogP contribution in [0.15, 0.2) is 65.1 Å². The molecule has 1 aromatic rings. The van der Waals surface area contributed by atoms with E-state index in [1.807, 2.05) is 12.1 Å².